The van der Waals surface area contributed by atoms with Crippen LogP contribution in [0.15, 0.2) is 122 Å². The van der Waals surface area contributed by atoms with Gasteiger partial charge in [0.2, 0.25) is 0 Å². The molecule has 0 rings (SSSR count). The number of ether oxygens (including phenoxy) is 3. The molecule has 0 radical (unpaired) electrons. The molecule has 0 bridgehead atoms. The van der Waals surface area contributed by atoms with Gasteiger partial charge in [-0.25, -0.2) is 0 Å². The number of hydrogen-bond acceptors (Lipinski definition) is 6. The Morgan fingerprint density at radius 3 is 1.19 bits per heavy atom. The van der Waals surface area contributed by atoms with Gasteiger partial charge in [0.15, 0.2) is 6.10 Å². The third kappa shape index (κ3) is 48.7. The summed E-state index contributed by atoms with van der Waals surface area (Å²) >= 11 is 0. The number of allylic oxidation sites excluding steroid dienone is 20. The first kappa shape index (κ1) is 58.8. The van der Waals surface area contributed by atoms with Crippen molar-refractivity contribution in [2.45, 2.75) is 207 Å². The average molecular weight is 871 g/mol. The number of esters is 3. The first-order valence-corrected chi connectivity index (χ1v) is 25.1. The van der Waals surface area contributed by atoms with Crippen LogP contribution in [0.5, 0.6) is 0 Å². The molecule has 0 saturated carbocycles. The molecule has 0 spiro atoms. The highest BCUT2D eigenvalue weighted by atomic mass is 16.6. The number of rotatable bonds is 43. The van der Waals surface area contributed by atoms with Gasteiger partial charge in [-0.05, 0) is 77.0 Å². The molecule has 0 heterocycles. The summed E-state index contributed by atoms with van der Waals surface area (Å²) in [5, 5.41) is 0. The van der Waals surface area contributed by atoms with E-state index in [0.29, 0.717) is 19.3 Å². The molecule has 0 aliphatic carbocycles. The Balaban J connectivity index is 4.54. The molecule has 1 atom stereocenters. The fraction of sp³-hybridized carbons (Fsp3) is 0.596. The van der Waals surface area contributed by atoms with E-state index in [9.17, 15) is 14.4 Å². The number of carbonyl (C=O) groups excluding carboxylic acids is 3. The second-order valence-corrected chi connectivity index (χ2v) is 16.1. The van der Waals surface area contributed by atoms with Crippen LogP contribution >= 0.6 is 0 Å². The van der Waals surface area contributed by atoms with Gasteiger partial charge in [0, 0.05) is 19.3 Å². The molecule has 0 aromatic rings. The highest BCUT2D eigenvalue weighted by Gasteiger charge is 2.19. The predicted molar refractivity (Wildman–Crippen MR) is 269 cm³/mol. The monoisotopic (exact) mass is 871 g/mol. The van der Waals surface area contributed by atoms with E-state index in [1.807, 2.05) is 54.7 Å². The van der Waals surface area contributed by atoms with Gasteiger partial charge in [0.1, 0.15) is 13.2 Å². The van der Waals surface area contributed by atoms with E-state index in [-0.39, 0.29) is 31.6 Å². The minimum Gasteiger partial charge on any atom is -0.462 e. The van der Waals surface area contributed by atoms with E-state index >= 15 is 0 Å². The molecule has 0 N–H and O–H groups in total. The third-order valence-corrected chi connectivity index (χ3v) is 10.1. The van der Waals surface area contributed by atoms with Gasteiger partial charge in [-0.3, -0.25) is 14.4 Å². The molecule has 0 aliphatic rings. The van der Waals surface area contributed by atoms with Gasteiger partial charge in [-0.15, -0.1) is 0 Å². The molecule has 354 valence electrons. The summed E-state index contributed by atoms with van der Waals surface area (Å²) in [5.41, 5.74) is 0. The summed E-state index contributed by atoms with van der Waals surface area (Å²) in [6.07, 6.45) is 69.0. The van der Waals surface area contributed by atoms with Crippen LogP contribution in [-0.4, -0.2) is 37.2 Å². The lowest BCUT2D eigenvalue weighted by Gasteiger charge is -2.18. The first-order chi connectivity index (χ1) is 31.0. The van der Waals surface area contributed by atoms with E-state index in [0.717, 1.165) is 89.9 Å². The largest absolute Gasteiger partial charge is 0.462 e. The molecular weight excluding hydrogens is 781 g/mol. The Morgan fingerprint density at radius 2 is 0.714 bits per heavy atom. The molecule has 63 heavy (non-hydrogen) atoms. The summed E-state index contributed by atoms with van der Waals surface area (Å²) < 4.78 is 16.7. The maximum atomic E-state index is 12.7. The number of unbranched alkanes of at least 4 members (excludes halogenated alkanes) is 16. The molecule has 0 aliphatic heterocycles. The van der Waals surface area contributed by atoms with Crippen molar-refractivity contribution in [1.29, 1.82) is 0 Å². The molecule has 0 fully saturated rings. The van der Waals surface area contributed by atoms with E-state index in [4.69, 9.17) is 14.2 Å². The van der Waals surface area contributed by atoms with Crippen molar-refractivity contribution >= 4 is 17.9 Å². The summed E-state index contributed by atoms with van der Waals surface area (Å²) in [5.74, 6) is -1.04. The van der Waals surface area contributed by atoms with Crippen molar-refractivity contribution in [3.63, 3.8) is 0 Å². The smallest absolute Gasteiger partial charge is 0.306 e. The SMILES string of the molecule is CC\C=C/C=C\C=C/C=C\C=C/CCCC(=O)OC(COC(=O)CCCCC/C=C\C/C=C\C/C=C\C/C=C\C/C=C\CC)COC(=O)CCCCCCCCCCCCCCC. The van der Waals surface area contributed by atoms with Crippen LogP contribution in [0, 0.1) is 0 Å². The van der Waals surface area contributed by atoms with E-state index in [1.165, 1.54) is 64.2 Å². The van der Waals surface area contributed by atoms with Gasteiger partial charge in [0.05, 0.1) is 0 Å². The Labute approximate surface area is 386 Å². The second-order valence-electron chi connectivity index (χ2n) is 16.1. The molecule has 0 aromatic heterocycles. The zero-order valence-electron chi connectivity index (χ0n) is 40.3. The Morgan fingerprint density at radius 1 is 0.349 bits per heavy atom. The summed E-state index contributed by atoms with van der Waals surface area (Å²) in [6, 6.07) is 0. The van der Waals surface area contributed by atoms with E-state index in [2.05, 4.69) is 87.6 Å². The van der Waals surface area contributed by atoms with Crippen molar-refractivity contribution in [2.75, 3.05) is 13.2 Å². The van der Waals surface area contributed by atoms with Gasteiger partial charge in [0.25, 0.3) is 0 Å². The van der Waals surface area contributed by atoms with Gasteiger partial charge < -0.3 is 14.2 Å². The normalized spacial score (nSPS) is 13.1. The Bertz CT molecular complexity index is 1370. The van der Waals surface area contributed by atoms with Crippen LogP contribution < -0.4 is 0 Å². The minimum absolute atomic E-state index is 0.119. The lowest BCUT2D eigenvalue weighted by molar-refractivity contribution is -0.167. The zero-order chi connectivity index (χ0) is 45.8. The molecule has 0 aromatic carbocycles. The minimum atomic E-state index is -0.829. The molecule has 0 saturated heterocycles. The van der Waals surface area contributed by atoms with E-state index in [1.54, 1.807) is 0 Å². The summed E-state index contributed by atoms with van der Waals surface area (Å²) in [7, 11) is 0. The molecule has 6 nitrogen and oxygen atoms in total. The summed E-state index contributed by atoms with van der Waals surface area (Å²) in [6.45, 7) is 6.27. The molecule has 6 heteroatoms. The maximum absolute atomic E-state index is 12.7. The fourth-order valence-corrected chi connectivity index (χ4v) is 6.38. The van der Waals surface area contributed by atoms with Crippen molar-refractivity contribution in [2.24, 2.45) is 0 Å². The Hall–Kier alpha value is -4.19. The lowest BCUT2D eigenvalue weighted by atomic mass is 10.0. The quantitative estimate of drug-likeness (QED) is 0.0200. The van der Waals surface area contributed by atoms with Crippen LogP contribution in [0.25, 0.3) is 0 Å². The average Bonchev–Trinajstić information content (AvgIpc) is 3.28. The van der Waals surface area contributed by atoms with Crippen molar-refractivity contribution < 1.29 is 28.6 Å². The topological polar surface area (TPSA) is 78.9 Å². The first-order valence-electron chi connectivity index (χ1n) is 25.1. The summed E-state index contributed by atoms with van der Waals surface area (Å²) in [4.78, 5) is 37.9. The van der Waals surface area contributed by atoms with Gasteiger partial charge in [-0.1, -0.05) is 226 Å². The third-order valence-electron chi connectivity index (χ3n) is 10.1. The van der Waals surface area contributed by atoms with Crippen LogP contribution in [0.3, 0.4) is 0 Å². The number of hydrogen-bond donors (Lipinski definition) is 0. The van der Waals surface area contributed by atoms with Crippen LogP contribution in [0.2, 0.25) is 0 Å². The lowest BCUT2D eigenvalue weighted by Crippen LogP contribution is -2.30. The van der Waals surface area contributed by atoms with Crippen molar-refractivity contribution in [3.8, 4) is 0 Å². The van der Waals surface area contributed by atoms with Crippen molar-refractivity contribution in [3.05, 3.63) is 122 Å². The zero-order valence-corrected chi connectivity index (χ0v) is 40.3. The molecule has 1 unspecified atom stereocenters. The van der Waals surface area contributed by atoms with Crippen LogP contribution in [-0.2, 0) is 28.6 Å². The van der Waals surface area contributed by atoms with Gasteiger partial charge in [-0.2, -0.15) is 0 Å². The van der Waals surface area contributed by atoms with E-state index < -0.39 is 12.1 Å². The maximum Gasteiger partial charge on any atom is 0.306 e. The Kier molecular flexibility index (Phi) is 47.1. The van der Waals surface area contributed by atoms with Crippen LogP contribution in [0.1, 0.15) is 201 Å². The highest BCUT2D eigenvalue weighted by molar-refractivity contribution is 5.71. The molecule has 0 amide bonds. The highest BCUT2D eigenvalue weighted by Crippen LogP contribution is 2.14. The predicted octanol–water partition coefficient (Wildman–Crippen LogP) is 16.5. The van der Waals surface area contributed by atoms with Crippen LogP contribution in [0.4, 0.5) is 0 Å². The van der Waals surface area contributed by atoms with Crippen molar-refractivity contribution in [1.82, 2.24) is 0 Å². The standard InChI is InChI=1S/C57H90O6/c1-4-7-10-13-16-19-22-25-26-27-28-29-30-33-35-38-41-44-47-50-56(59)62-53-54(63-57(60)51-48-45-42-39-36-32-24-21-18-15-12-9-6-3)52-61-55(58)49-46-43-40-37-34-31-23-20-17-14-11-8-5-2/h7,9-10,12,15-16,18-19,21,24-26,28-29,32-33,35-36,39,42,54H,4-6,8,11,13-14,17,20,22-23,27,30-31,34,37-38,40-41,43-53H2,1-3H3/b10-7-,12-9-,18-15-,19-16-,24-21-,26-25-,29-28-,35-33-,36-32-,42-39-. The van der Waals surface area contributed by atoms with Gasteiger partial charge >= 0.3 is 17.9 Å². The molecular formula is C57H90O6. The second kappa shape index (κ2) is 50.5. The number of carbonyl (C=O) groups is 3. The fourth-order valence-electron chi connectivity index (χ4n) is 6.38.